The second-order valence-corrected chi connectivity index (χ2v) is 5.62. The fourth-order valence-electron chi connectivity index (χ4n) is 1.87. The second kappa shape index (κ2) is 7.02. The molecular weight excluding hydrogens is 270 g/mol. The van der Waals surface area contributed by atoms with Crippen LogP contribution < -0.4 is 22.2 Å². The Morgan fingerprint density at radius 3 is 2.70 bits per heavy atom. The largest absolute Gasteiger partial charge is 0.338 e. The molecule has 0 aliphatic rings. The van der Waals surface area contributed by atoms with Crippen LogP contribution in [0.3, 0.4) is 0 Å². The molecule has 1 heterocycles. The normalized spacial score (nSPS) is 12.1. The van der Waals surface area contributed by atoms with Crippen LogP contribution in [0.4, 0.5) is 0 Å². The Morgan fingerprint density at radius 1 is 1.25 bits per heavy atom. The van der Waals surface area contributed by atoms with E-state index in [4.69, 9.17) is 17.2 Å². The van der Waals surface area contributed by atoms with Crippen LogP contribution in [0.5, 0.6) is 0 Å². The molecule has 1 aromatic heterocycles. The van der Waals surface area contributed by atoms with Crippen molar-refractivity contribution in [2.24, 2.45) is 17.2 Å². The van der Waals surface area contributed by atoms with Gasteiger partial charge in [-0.15, -0.1) is 11.3 Å². The Hall–Kier alpha value is -1.92. The summed E-state index contributed by atoms with van der Waals surface area (Å²) in [4.78, 5) is 8.45. The topological polar surface area (TPSA) is 105 Å². The molecule has 0 aliphatic heterocycles. The Kier molecular flexibility index (Phi) is 5.09. The van der Waals surface area contributed by atoms with Crippen LogP contribution in [0.1, 0.15) is 23.9 Å². The Morgan fingerprint density at radius 2 is 2.00 bits per heavy atom. The van der Waals surface area contributed by atoms with Crippen LogP contribution in [0.25, 0.3) is 10.4 Å². The Balaban J connectivity index is 1.93. The Bertz CT molecular complexity index is 560. The van der Waals surface area contributed by atoms with Gasteiger partial charge < -0.3 is 5.73 Å². The minimum Gasteiger partial charge on any atom is -0.322 e. The molecule has 0 bridgehead atoms. The van der Waals surface area contributed by atoms with Gasteiger partial charge in [-0.05, 0) is 18.4 Å². The first kappa shape index (κ1) is 14.5. The van der Waals surface area contributed by atoms with Gasteiger partial charge in [0.05, 0.1) is 17.5 Å². The minimum absolute atomic E-state index is 0.0433. The molecule has 6 heteroatoms. The van der Waals surface area contributed by atoms with Crippen molar-refractivity contribution >= 4 is 17.3 Å². The molecule has 0 radical (unpaired) electrons. The number of rotatable bonds is 6. The molecule has 1 aromatic carbocycles. The highest BCUT2D eigenvalue weighted by Crippen LogP contribution is 2.29. The standard InChI is InChI=1S/C14H19N5S/c15-11(7-4-8-18-14(16)17)13-19-9-12(20-13)10-5-2-1-3-6-10/h1-3,5-6,9,11H,4,7-8,15H2,(H4,16,17,18)/p+1/t11-/m1/s1. The number of guanidine groups is 1. The summed E-state index contributed by atoms with van der Waals surface area (Å²) in [5.74, 6) is 0.249. The molecule has 0 fully saturated rings. The lowest BCUT2D eigenvalue weighted by molar-refractivity contribution is -0.459. The smallest absolute Gasteiger partial charge is 0.322 e. The molecule has 2 rings (SSSR count). The average Bonchev–Trinajstić information content (AvgIpc) is 2.94. The van der Waals surface area contributed by atoms with E-state index < -0.39 is 0 Å². The zero-order valence-electron chi connectivity index (χ0n) is 11.3. The molecule has 0 saturated heterocycles. The number of nitrogens with one attached hydrogen (secondary N) is 1. The number of nitrogens with two attached hydrogens (primary N) is 3. The third kappa shape index (κ3) is 4.04. The van der Waals surface area contributed by atoms with Crippen LogP contribution in [0, 0.1) is 0 Å². The van der Waals surface area contributed by atoms with Gasteiger partial charge in [-0.2, -0.15) is 0 Å². The van der Waals surface area contributed by atoms with Crippen molar-refractivity contribution in [3.05, 3.63) is 41.5 Å². The zero-order chi connectivity index (χ0) is 14.4. The van der Waals surface area contributed by atoms with E-state index in [2.05, 4.69) is 22.1 Å². The van der Waals surface area contributed by atoms with Crippen LogP contribution in [0.15, 0.2) is 36.5 Å². The van der Waals surface area contributed by atoms with Gasteiger partial charge in [0.15, 0.2) is 0 Å². The summed E-state index contributed by atoms with van der Waals surface area (Å²) >= 11 is 1.65. The molecule has 2 aromatic rings. The van der Waals surface area contributed by atoms with Gasteiger partial charge in [-0.3, -0.25) is 16.5 Å². The SMILES string of the molecule is NC(N)=[NH+]CCC[C@@H](N)c1ncc(-c2ccccc2)s1. The van der Waals surface area contributed by atoms with Crippen molar-refractivity contribution < 1.29 is 4.99 Å². The van der Waals surface area contributed by atoms with Crippen LogP contribution in [0.2, 0.25) is 0 Å². The van der Waals surface area contributed by atoms with Crippen LogP contribution in [-0.4, -0.2) is 17.5 Å². The van der Waals surface area contributed by atoms with E-state index in [1.165, 1.54) is 5.56 Å². The predicted octanol–water partition coefficient (Wildman–Crippen LogP) is -0.0559. The third-order valence-corrected chi connectivity index (χ3v) is 4.10. The van der Waals surface area contributed by atoms with Gasteiger partial charge in [-0.25, -0.2) is 4.98 Å². The lowest BCUT2D eigenvalue weighted by Gasteiger charge is -2.06. The van der Waals surface area contributed by atoms with Gasteiger partial charge in [0.2, 0.25) is 0 Å². The number of nitrogens with zero attached hydrogens (tertiary/aromatic N) is 1. The summed E-state index contributed by atoms with van der Waals surface area (Å²) in [7, 11) is 0. The maximum atomic E-state index is 6.15. The molecule has 106 valence electrons. The molecule has 0 saturated carbocycles. The lowest BCUT2D eigenvalue weighted by atomic mass is 10.2. The second-order valence-electron chi connectivity index (χ2n) is 4.56. The summed E-state index contributed by atoms with van der Waals surface area (Å²) in [5, 5.41) is 0.966. The first-order valence-electron chi connectivity index (χ1n) is 6.55. The highest BCUT2D eigenvalue weighted by atomic mass is 32.1. The molecule has 0 unspecified atom stereocenters. The maximum Gasteiger partial charge on any atom is 0.338 e. The van der Waals surface area contributed by atoms with Crippen molar-refractivity contribution in [2.75, 3.05) is 6.54 Å². The predicted molar refractivity (Wildman–Crippen MR) is 82.9 cm³/mol. The van der Waals surface area contributed by atoms with Crippen LogP contribution in [-0.2, 0) is 0 Å². The summed E-state index contributed by atoms with van der Waals surface area (Å²) in [5.41, 5.74) is 18.0. The molecule has 7 N–H and O–H groups in total. The van der Waals surface area contributed by atoms with E-state index in [0.717, 1.165) is 29.3 Å². The summed E-state index contributed by atoms with van der Waals surface area (Å²) < 4.78 is 0. The first-order valence-corrected chi connectivity index (χ1v) is 7.37. The number of thiazole rings is 1. The van der Waals surface area contributed by atoms with Gasteiger partial charge in [0, 0.05) is 6.20 Å². The fraction of sp³-hybridized carbons (Fsp3) is 0.286. The number of hydrogen-bond acceptors (Lipinski definition) is 3. The van der Waals surface area contributed by atoms with Crippen LogP contribution >= 0.6 is 11.3 Å². The molecule has 20 heavy (non-hydrogen) atoms. The van der Waals surface area contributed by atoms with E-state index in [0.29, 0.717) is 0 Å². The number of aromatic nitrogens is 1. The van der Waals surface area contributed by atoms with E-state index in [1.54, 1.807) is 11.3 Å². The van der Waals surface area contributed by atoms with Crippen molar-refractivity contribution in [3.63, 3.8) is 0 Å². The summed E-state index contributed by atoms with van der Waals surface area (Å²) in [6.07, 6.45) is 3.64. The molecule has 5 nitrogen and oxygen atoms in total. The van der Waals surface area contributed by atoms with Crippen molar-refractivity contribution in [2.45, 2.75) is 18.9 Å². The first-order chi connectivity index (χ1) is 9.66. The zero-order valence-corrected chi connectivity index (χ0v) is 12.1. The van der Waals surface area contributed by atoms with Crippen molar-refractivity contribution in [1.29, 1.82) is 0 Å². The van der Waals surface area contributed by atoms with E-state index >= 15 is 0 Å². The van der Waals surface area contributed by atoms with E-state index in [9.17, 15) is 0 Å². The quantitative estimate of drug-likeness (QED) is 0.340. The minimum atomic E-state index is -0.0433. The van der Waals surface area contributed by atoms with Gasteiger partial charge >= 0.3 is 5.96 Å². The summed E-state index contributed by atoms with van der Waals surface area (Å²) in [6, 6.07) is 10.2. The van der Waals surface area contributed by atoms with Crippen molar-refractivity contribution in [3.8, 4) is 10.4 Å². The number of benzene rings is 1. The van der Waals surface area contributed by atoms with Gasteiger partial charge in [-0.1, -0.05) is 30.3 Å². The van der Waals surface area contributed by atoms with Gasteiger partial charge in [0.1, 0.15) is 5.01 Å². The van der Waals surface area contributed by atoms with Gasteiger partial charge in [0.25, 0.3) is 0 Å². The molecular formula is C14H20N5S+. The van der Waals surface area contributed by atoms with E-state index in [1.807, 2.05) is 24.4 Å². The highest BCUT2D eigenvalue weighted by molar-refractivity contribution is 7.15. The third-order valence-electron chi connectivity index (χ3n) is 2.92. The maximum absolute atomic E-state index is 6.15. The molecule has 1 atom stereocenters. The molecule has 0 spiro atoms. The fourth-order valence-corrected chi connectivity index (χ4v) is 2.83. The monoisotopic (exact) mass is 290 g/mol. The number of hydrogen-bond donors (Lipinski definition) is 4. The molecule has 0 aliphatic carbocycles. The summed E-state index contributed by atoms with van der Waals surface area (Å²) in [6.45, 7) is 0.729. The molecule has 0 amide bonds. The van der Waals surface area contributed by atoms with E-state index in [-0.39, 0.29) is 12.0 Å². The van der Waals surface area contributed by atoms with Crippen molar-refractivity contribution in [1.82, 2.24) is 4.98 Å². The highest BCUT2D eigenvalue weighted by Gasteiger charge is 2.11. The average molecular weight is 290 g/mol. The lowest BCUT2D eigenvalue weighted by Crippen LogP contribution is -2.78. The Labute approximate surface area is 122 Å².